The number of pyridine rings is 2. The number of allylic oxidation sites excluding steroid dienone is 4. The molecule has 2 aliphatic heterocycles. The van der Waals surface area contributed by atoms with Gasteiger partial charge in [-0.3, -0.25) is 19.6 Å². The van der Waals surface area contributed by atoms with Crippen molar-refractivity contribution >= 4 is 17.4 Å². The van der Waals surface area contributed by atoms with Crippen LogP contribution in [0.4, 0.5) is 0 Å². The summed E-state index contributed by atoms with van der Waals surface area (Å²) in [5.41, 5.74) is 4.08. The van der Waals surface area contributed by atoms with Crippen molar-refractivity contribution in [3.05, 3.63) is 101 Å². The summed E-state index contributed by atoms with van der Waals surface area (Å²) in [6, 6.07) is 7.03. The molecule has 2 amide bonds. The van der Waals surface area contributed by atoms with Gasteiger partial charge in [0.2, 0.25) is 0 Å². The maximum atomic E-state index is 12.8. The van der Waals surface area contributed by atoms with Crippen molar-refractivity contribution in [3.8, 4) is 0 Å². The lowest BCUT2D eigenvalue weighted by molar-refractivity contribution is 0.0728. The first-order valence-electron chi connectivity index (χ1n) is 13.0. The molecule has 5 rings (SSSR count). The average molecular weight is 512 g/mol. The molecule has 0 aromatic carbocycles. The van der Waals surface area contributed by atoms with Crippen LogP contribution in [0, 0.1) is 0 Å². The quantitative estimate of drug-likeness (QED) is 0.499. The van der Waals surface area contributed by atoms with Crippen molar-refractivity contribution in [2.75, 3.05) is 6.54 Å². The van der Waals surface area contributed by atoms with Gasteiger partial charge in [-0.05, 0) is 60.7 Å². The van der Waals surface area contributed by atoms with E-state index < -0.39 is 0 Å². The van der Waals surface area contributed by atoms with Crippen LogP contribution in [-0.2, 0) is 25.9 Å². The second kappa shape index (κ2) is 12.2. The van der Waals surface area contributed by atoms with Crippen LogP contribution in [0.15, 0.2) is 67.2 Å². The molecule has 2 aliphatic rings. The minimum absolute atomic E-state index is 0.123. The third-order valence-corrected chi connectivity index (χ3v) is 6.38. The van der Waals surface area contributed by atoms with Gasteiger partial charge in [-0.2, -0.15) is 0 Å². The molecular weight excluding hydrogens is 478 g/mol. The average Bonchev–Trinajstić information content (AvgIpc) is 3.58. The zero-order valence-electron chi connectivity index (χ0n) is 22.1. The Labute approximate surface area is 223 Å². The molecule has 5 heterocycles. The topological polar surface area (TPSA) is 106 Å². The van der Waals surface area contributed by atoms with Crippen LogP contribution < -0.4 is 5.32 Å². The second-order valence-electron chi connectivity index (χ2n) is 8.91. The van der Waals surface area contributed by atoms with E-state index in [9.17, 15) is 9.59 Å². The molecule has 0 atom stereocenters. The largest absolute Gasteiger partial charge is 0.333 e. The number of aryl methyl sites for hydroxylation is 1. The minimum Gasteiger partial charge on any atom is -0.333 e. The summed E-state index contributed by atoms with van der Waals surface area (Å²) in [5.74, 6) is 1.43. The molecule has 38 heavy (non-hydrogen) atoms. The van der Waals surface area contributed by atoms with E-state index in [1.165, 1.54) is 0 Å². The minimum atomic E-state index is -0.350. The fourth-order valence-electron chi connectivity index (χ4n) is 4.46. The van der Waals surface area contributed by atoms with E-state index >= 15 is 0 Å². The molecule has 0 saturated carbocycles. The monoisotopic (exact) mass is 511 g/mol. The zero-order valence-corrected chi connectivity index (χ0v) is 22.1. The molecule has 0 unspecified atom stereocenters. The Hall–Kier alpha value is -4.40. The van der Waals surface area contributed by atoms with Crippen molar-refractivity contribution < 1.29 is 9.59 Å². The van der Waals surface area contributed by atoms with Gasteiger partial charge in [0.05, 0.1) is 0 Å². The Bertz CT molecular complexity index is 1390. The van der Waals surface area contributed by atoms with Gasteiger partial charge in [-0.15, -0.1) is 10.2 Å². The van der Waals surface area contributed by atoms with Crippen LogP contribution in [0.5, 0.6) is 0 Å². The molecule has 196 valence electrons. The molecule has 0 spiro atoms. The molecule has 0 saturated heterocycles. The molecule has 9 heteroatoms. The Kier molecular flexibility index (Phi) is 8.58. The number of fused-ring (bicyclic) bond motifs is 2. The number of hydrogen-bond donors (Lipinski definition) is 1. The summed E-state index contributed by atoms with van der Waals surface area (Å²) in [4.78, 5) is 35.8. The summed E-state index contributed by atoms with van der Waals surface area (Å²) in [5, 5.41) is 11.3. The fourth-order valence-corrected chi connectivity index (χ4v) is 4.46. The van der Waals surface area contributed by atoms with Crippen LogP contribution in [0.2, 0.25) is 0 Å². The van der Waals surface area contributed by atoms with E-state index in [1.807, 2.05) is 32.9 Å². The molecular formula is C29H33N7O2. The molecule has 0 bridgehead atoms. The van der Waals surface area contributed by atoms with Gasteiger partial charge in [0, 0.05) is 44.1 Å². The lowest BCUT2D eigenvalue weighted by Crippen LogP contribution is -2.36. The van der Waals surface area contributed by atoms with E-state index in [4.69, 9.17) is 0 Å². The predicted molar refractivity (Wildman–Crippen MR) is 146 cm³/mol. The Morgan fingerprint density at radius 1 is 1.05 bits per heavy atom. The smallest absolute Gasteiger partial charge is 0.274 e. The third kappa shape index (κ3) is 5.94. The first-order chi connectivity index (χ1) is 18.5. The van der Waals surface area contributed by atoms with Crippen molar-refractivity contribution in [3.63, 3.8) is 0 Å². The molecule has 3 aromatic heterocycles. The second-order valence-corrected chi connectivity index (χ2v) is 8.91. The highest BCUT2D eigenvalue weighted by Crippen LogP contribution is 2.21. The van der Waals surface area contributed by atoms with Gasteiger partial charge in [0.15, 0.2) is 5.82 Å². The Morgan fingerprint density at radius 3 is 2.68 bits per heavy atom. The lowest BCUT2D eigenvalue weighted by atomic mass is 10.0. The number of rotatable bonds is 6. The maximum Gasteiger partial charge on any atom is 0.274 e. The van der Waals surface area contributed by atoms with Crippen LogP contribution in [0.1, 0.15) is 70.9 Å². The standard InChI is InChI=1S/C27H27N7O2.C2H6/c1-18(25-32-31-24-10-6-13-34(24)25)7-5-8-19(2)30-26(35)23-15-21-17-33(14-11-20(21)16-29-23)27(36)22-9-3-4-12-28-22;1-2/h3-5,7-9,12,15-16H,2,6,10-11,13-14,17H2,1H3,(H,30,35);1-2H3/b8-5-,18-7+;. The summed E-state index contributed by atoms with van der Waals surface area (Å²) >= 11 is 0. The van der Waals surface area contributed by atoms with Crippen LogP contribution in [-0.4, -0.2) is 48.0 Å². The van der Waals surface area contributed by atoms with E-state index in [-0.39, 0.29) is 17.5 Å². The molecule has 3 aromatic rings. The molecule has 0 radical (unpaired) electrons. The maximum absolute atomic E-state index is 12.8. The number of amides is 2. The van der Waals surface area contributed by atoms with Crippen molar-refractivity contribution in [1.29, 1.82) is 0 Å². The van der Waals surface area contributed by atoms with Crippen molar-refractivity contribution in [2.45, 2.75) is 53.1 Å². The molecule has 9 nitrogen and oxygen atoms in total. The number of aromatic nitrogens is 5. The summed E-state index contributed by atoms with van der Waals surface area (Å²) in [7, 11) is 0. The number of nitrogens with one attached hydrogen (secondary N) is 1. The van der Waals surface area contributed by atoms with Gasteiger partial charge in [0.1, 0.15) is 17.2 Å². The number of hydrogen-bond acceptors (Lipinski definition) is 6. The summed E-state index contributed by atoms with van der Waals surface area (Å²) in [6.07, 6.45) is 11.6. The van der Waals surface area contributed by atoms with E-state index in [0.29, 0.717) is 30.9 Å². The van der Waals surface area contributed by atoms with E-state index in [2.05, 4.69) is 36.6 Å². The highest BCUT2D eigenvalue weighted by molar-refractivity contribution is 5.94. The molecule has 1 N–H and O–H groups in total. The lowest BCUT2D eigenvalue weighted by Gasteiger charge is -2.28. The van der Waals surface area contributed by atoms with E-state index in [1.54, 1.807) is 47.6 Å². The van der Waals surface area contributed by atoms with Gasteiger partial charge < -0.3 is 14.8 Å². The number of carbonyl (C=O) groups excluding carboxylic acids is 2. The number of nitrogens with zero attached hydrogens (tertiary/aromatic N) is 6. The normalized spacial score (nSPS) is 14.4. The predicted octanol–water partition coefficient (Wildman–Crippen LogP) is 4.14. The first-order valence-corrected chi connectivity index (χ1v) is 13.0. The third-order valence-electron chi connectivity index (χ3n) is 6.38. The van der Waals surface area contributed by atoms with Crippen LogP contribution in [0.25, 0.3) is 5.57 Å². The first kappa shape index (κ1) is 26.7. The number of carbonyl (C=O) groups is 2. The van der Waals surface area contributed by atoms with Crippen molar-refractivity contribution in [2.24, 2.45) is 0 Å². The van der Waals surface area contributed by atoms with Gasteiger partial charge in [0.25, 0.3) is 11.8 Å². The fraction of sp³-hybridized carbons (Fsp3) is 0.310. The summed E-state index contributed by atoms with van der Waals surface area (Å²) in [6.45, 7) is 11.8. The van der Waals surface area contributed by atoms with Gasteiger partial charge in [-0.25, -0.2) is 0 Å². The van der Waals surface area contributed by atoms with Gasteiger partial charge >= 0.3 is 0 Å². The highest BCUT2D eigenvalue weighted by atomic mass is 16.2. The van der Waals surface area contributed by atoms with Crippen LogP contribution >= 0.6 is 0 Å². The van der Waals surface area contributed by atoms with Crippen molar-refractivity contribution in [1.82, 2.24) is 34.9 Å². The van der Waals surface area contributed by atoms with E-state index in [0.717, 1.165) is 47.7 Å². The molecule has 0 fully saturated rings. The highest BCUT2D eigenvalue weighted by Gasteiger charge is 2.24. The van der Waals surface area contributed by atoms with Crippen LogP contribution in [0.3, 0.4) is 0 Å². The Morgan fingerprint density at radius 2 is 1.89 bits per heavy atom. The Balaban J connectivity index is 0.00000164. The SMILES string of the molecule is C=C(/C=C\C=C(/C)c1nnc2n1CCC2)NC(=O)c1cc2c(cn1)CCN(C(=O)c1ccccn1)C2.CC. The molecule has 0 aliphatic carbocycles. The summed E-state index contributed by atoms with van der Waals surface area (Å²) < 4.78 is 2.14. The zero-order chi connectivity index (χ0) is 27.1. The van der Waals surface area contributed by atoms with Gasteiger partial charge in [-0.1, -0.05) is 38.6 Å².